The lowest BCUT2D eigenvalue weighted by Crippen LogP contribution is -2.41. The van der Waals surface area contributed by atoms with Gasteiger partial charge >= 0.3 is 0 Å². The van der Waals surface area contributed by atoms with Gasteiger partial charge in [-0.1, -0.05) is 49.1 Å². The van der Waals surface area contributed by atoms with Crippen LogP contribution in [0.15, 0.2) is 24.3 Å². The third-order valence-electron chi connectivity index (χ3n) is 3.54. The van der Waals surface area contributed by atoms with Crippen molar-refractivity contribution in [1.82, 2.24) is 4.90 Å². The average Bonchev–Trinajstić information content (AvgIpc) is 2.39. The number of carbonyl (C=O) groups is 1. The third-order valence-corrected chi connectivity index (χ3v) is 5.60. The van der Waals surface area contributed by atoms with Gasteiger partial charge in [0.2, 0.25) is 5.91 Å². The summed E-state index contributed by atoms with van der Waals surface area (Å²) in [5.74, 6) is 0.212. The van der Waals surface area contributed by atoms with Gasteiger partial charge in [0.05, 0.1) is 27.7 Å². The zero-order chi connectivity index (χ0) is 13.9. The lowest BCUT2D eigenvalue weighted by atomic mass is 10.1. The standard InChI is InChI=1S/C15H23NO2Si/c1-19(2,3)14-6-4-13(5-7-14)12-15(17)16-8-10-18-11-9-16/h4-7H,8-12H2,1-3H3. The number of morpholine rings is 1. The number of benzene rings is 1. The SMILES string of the molecule is C[Si](C)(C)c1ccc(CC(=O)N2CCOCC2)cc1. The largest absolute Gasteiger partial charge is 0.378 e. The second-order valence-electron chi connectivity index (χ2n) is 6.12. The second-order valence-corrected chi connectivity index (χ2v) is 11.2. The maximum Gasteiger partial charge on any atom is 0.227 e. The van der Waals surface area contributed by atoms with E-state index in [9.17, 15) is 4.79 Å². The van der Waals surface area contributed by atoms with Crippen LogP contribution >= 0.6 is 0 Å². The van der Waals surface area contributed by atoms with E-state index in [1.165, 1.54) is 5.19 Å². The van der Waals surface area contributed by atoms with Crippen LogP contribution in [0, 0.1) is 0 Å². The molecule has 19 heavy (non-hydrogen) atoms. The van der Waals surface area contributed by atoms with E-state index in [0.29, 0.717) is 19.6 Å². The molecule has 0 unspecified atom stereocenters. The minimum Gasteiger partial charge on any atom is -0.378 e. The first kappa shape index (κ1) is 14.3. The molecule has 1 saturated heterocycles. The Morgan fingerprint density at radius 3 is 2.26 bits per heavy atom. The highest BCUT2D eigenvalue weighted by atomic mass is 28.3. The van der Waals surface area contributed by atoms with Gasteiger partial charge in [0, 0.05) is 13.1 Å². The molecular formula is C15H23NO2Si. The fourth-order valence-electron chi connectivity index (χ4n) is 2.22. The first-order valence-electron chi connectivity index (χ1n) is 6.92. The maximum atomic E-state index is 12.1. The van der Waals surface area contributed by atoms with Crippen molar-refractivity contribution in [3.8, 4) is 0 Å². The van der Waals surface area contributed by atoms with Crippen LogP contribution in [0.2, 0.25) is 19.6 Å². The summed E-state index contributed by atoms with van der Waals surface area (Å²) in [6.45, 7) is 9.79. The van der Waals surface area contributed by atoms with Gasteiger partial charge < -0.3 is 9.64 Å². The van der Waals surface area contributed by atoms with Crippen molar-refractivity contribution >= 4 is 19.2 Å². The molecule has 1 aliphatic rings. The monoisotopic (exact) mass is 277 g/mol. The van der Waals surface area contributed by atoms with E-state index in [1.807, 2.05) is 4.90 Å². The number of ether oxygens (including phenoxy) is 1. The number of carbonyl (C=O) groups excluding carboxylic acids is 1. The first-order valence-corrected chi connectivity index (χ1v) is 10.4. The molecular weight excluding hydrogens is 254 g/mol. The van der Waals surface area contributed by atoms with Gasteiger partial charge in [-0.2, -0.15) is 0 Å². The molecule has 0 N–H and O–H groups in total. The predicted molar refractivity (Wildman–Crippen MR) is 80.5 cm³/mol. The summed E-state index contributed by atoms with van der Waals surface area (Å²) in [6, 6.07) is 8.58. The zero-order valence-electron chi connectivity index (χ0n) is 12.1. The van der Waals surface area contributed by atoms with Crippen molar-refractivity contribution in [2.24, 2.45) is 0 Å². The topological polar surface area (TPSA) is 29.5 Å². The fraction of sp³-hybridized carbons (Fsp3) is 0.533. The molecule has 1 fully saturated rings. The van der Waals surface area contributed by atoms with Crippen LogP contribution < -0.4 is 5.19 Å². The van der Waals surface area contributed by atoms with E-state index in [0.717, 1.165) is 18.7 Å². The second kappa shape index (κ2) is 5.88. The van der Waals surface area contributed by atoms with Gasteiger partial charge in [0.25, 0.3) is 0 Å². The Hall–Kier alpha value is -1.13. The molecule has 0 radical (unpaired) electrons. The summed E-state index contributed by atoms with van der Waals surface area (Å²) in [6.07, 6.45) is 0.506. The summed E-state index contributed by atoms with van der Waals surface area (Å²) >= 11 is 0. The van der Waals surface area contributed by atoms with Crippen molar-refractivity contribution < 1.29 is 9.53 Å². The van der Waals surface area contributed by atoms with Crippen LogP contribution in [0.25, 0.3) is 0 Å². The van der Waals surface area contributed by atoms with Crippen LogP contribution in [-0.4, -0.2) is 45.2 Å². The lowest BCUT2D eigenvalue weighted by Gasteiger charge is -2.27. The van der Waals surface area contributed by atoms with Crippen molar-refractivity contribution in [3.63, 3.8) is 0 Å². The van der Waals surface area contributed by atoms with Crippen molar-refractivity contribution in [3.05, 3.63) is 29.8 Å². The van der Waals surface area contributed by atoms with Gasteiger partial charge in [0.15, 0.2) is 0 Å². The Morgan fingerprint density at radius 2 is 1.74 bits per heavy atom. The van der Waals surface area contributed by atoms with E-state index >= 15 is 0 Å². The summed E-state index contributed by atoms with van der Waals surface area (Å²) < 4.78 is 5.26. The number of hydrogen-bond donors (Lipinski definition) is 0. The minimum absolute atomic E-state index is 0.212. The van der Waals surface area contributed by atoms with Crippen molar-refractivity contribution in [2.75, 3.05) is 26.3 Å². The molecule has 0 atom stereocenters. The molecule has 104 valence electrons. The highest BCUT2D eigenvalue weighted by Gasteiger charge is 2.18. The molecule has 1 aliphatic heterocycles. The first-order chi connectivity index (χ1) is 8.97. The number of rotatable bonds is 3. The Balaban J connectivity index is 1.97. The molecule has 1 aromatic rings. The van der Waals surface area contributed by atoms with Crippen LogP contribution in [0.5, 0.6) is 0 Å². The van der Waals surface area contributed by atoms with Crippen molar-refractivity contribution in [1.29, 1.82) is 0 Å². The van der Waals surface area contributed by atoms with E-state index in [1.54, 1.807) is 0 Å². The number of amides is 1. The Bertz CT molecular complexity index is 430. The number of nitrogens with zero attached hydrogens (tertiary/aromatic N) is 1. The predicted octanol–water partition coefficient (Wildman–Crippen LogP) is 1.63. The molecule has 4 heteroatoms. The Labute approximate surface area is 116 Å². The summed E-state index contributed by atoms with van der Waals surface area (Å²) in [5.41, 5.74) is 1.11. The van der Waals surface area contributed by atoms with Gasteiger partial charge in [-0.3, -0.25) is 4.79 Å². The van der Waals surface area contributed by atoms with Gasteiger partial charge in [0.1, 0.15) is 0 Å². The van der Waals surface area contributed by atoms with E-state index in [2.05, 4.69) is 43.9 Å². The molecule has 2 rings (SSSR count). The van der Waals surface area contributed by atoms with E-state index in [4.69, 9.17) is 4.74 Å². The van der Waals surface area contributed by atoms with Crippen molar-refractivity contribution in [2.45, 2.75) is 26.1 Å². The molecule has 1 aromatic carbocycles. The summed E-state index contributed by atoms with van der Waals surface area (Å²) in [5, 5.41) is 1.44. The highest BCUT2D eigenvalue weighted by Crippen LogP contribution is 2.07. The molecule has 1 amide bonds. The van der Waals surface area contributed by atoms with Crippen LogP contribution in [0.1, 0.15) is 5.56 Å². The molecule has 0 aromatic heterocycles. The smallest absolute Gasteiger partial charge is 0.227 e. The molecule has 0 saturated carbocycles. The average molecular weight is 277 g/mol. The van der Waals surface area contributed by atoms with Gasteiger partial charge in [-0.05, 0) is 5.56 Å². The normalized spacial score (nSPS) is 16.5. The summed E-state index contributed by atoms with van der Waals surface area (Å²) in [7, 11) is -1.24. The molecule has 0 bridgehead atoms. The minimum atomic E-state index is -1.24. The quantitative estimate of drug-likeness (QED) is 0.786. The Kier molecular flexibility index (Phi) is 4.42. The van der Waals surface area contributed by atoms with E-state index < -0.39 is 8.07 Å². The van der Waals surface area contributed by atoms with Crippen LogP contribution in [0.4, 0.5) is 0 Å². The summed E-state index contributed by atoms with van der Waals surface area (Å²) in [4.78, 5) is 14.0. The fourth-order valence-corrected chi connectivity index (χ4v) is 3.39. The zero-order valence-corrected chi connectivity index (χ0v) is 13.1. The highest BCUT2D eigenvalue weighted by molar-refractivity contribution is 6.88. The lowest BCUT2D eigenvalue weighted by molar-refractivity contribution is -0.134. The van der Waals surface area contributed by atoms with Gasteiger partial charge in [-0.15, -0.1) is 0 Å². The molecule has 1 heterocycles. The van der Waals surface area contributed by atoms with Crippen LogP contribution in [0.3, 0.4) is 0 Å². The van der Waals surface area contributed by atoms with Crippen LogP contribution in [-0.2, 0) is 16.0 Å². The molecule has 0 spiro atoms. The van der Waals surface area contributed by atoms with Gasteiger partial charge in [-0.25, -0.2) is 0 Å². The van der Waals surface area contributed by atoms with E-state index in [-0.39, 0.29) is 5.91 Å². The molecule has 0 aliphatic carbocycles. The number of hydrogen-bond acceptors (Lipinski definition) is 2. The Morgan fingerprint density at radius 1 is 1.16 bits per heavy atom. The third kappa shape index (κ3) is 3.91. The maximum absolute atomic E-state index is 12.1. The molecule has 3 nitrogen and oxygen atoms in total.